The molecule has 3 aromatic rings. The number of hydrogen-bond donors (Lipinski definition) is 1. The Labute approximate surface area is 117 Å². The van der Waals surface area contributed by atoms with Crippen molar-refractivity contribution in [3.8, 4) is 0 Å². The smallest absolute Gasteiger partial charge is 0.211 e. The van der Waals surface area contributed by atoms with Crippen LogP contribution in [0.5, 0.6) is 0 Å². The van der Waals surface area contributed by atoms with Crippen LogP contribution >= 0.6 is 0 Å². The topological polar surface area (TPSA) is 56.0 Å². The number of aromatic nitrogens is 1. The number of carbonyl (C=O) groups is 1. The lowest BCUT2D eigenvalue weighted by Crippen LogP contribution is -2.10. The molecule has 0 atom stereocenters. The van der Waals surface area contributed by atoms with Gasteiger partial charge in [-0.25, -0.2) is 4.98 Å². The van der Waals surface area contributed by atoms with Crippen molar-refractivity contribution in [2.75, 3.05) is 0 Å². The quantitative estimate of drug-likeness (QED) is 0.738. The number of ketones is 1. The summed E-state index contributed by atoms with van der Waals surface area (Å²) in [5, 5.41) is 1.02. The van der Waals surface area contributed by atoms with Crippen LogP contribution in [0.4, 0.5) is 0 Å². The highest BCUT2D eigenvalue weighted by atomic mass is 16.1. The molecule has 0 aliphatic heterocycles. The van der Waals surface area contributed by atoms with Crippen LogP contribution in [0, 0.1) is 0 Å². The zero-order valence-corrected chi connectivity index (χ0v) is 10.9. The van der Waals surface area contributed by atoms with Crippen molar-refractivity contribution in [3.05, 3.63) is 77.5 Å². The second-order valence-corrected chi connectivity index (χ2v) is 4.58. The summed E-state index contributed by atoms with van der Waals surface area (Å²) in [5.74, 6) is -0.0863. The number of hydrogen-bond acceptors (Lipinski definition) is 3. The third kappa shape index (κ3) is 2.19. The van der Waals surface area contributed by atoms with Crippen LogP contribution in [-0.4, -0.2) is 10.8 Å². The van der Waals surface area contributed by atoms with Crippen molar-refractivity contribution in [3.63, 3.8) is 0 Å². The lowest BCUT2D eigenvalue weighted by molar-refractivity contribution is 0.103. The van der Waals surface area contributed by atoms with E-state index in [1.165, 1.54) is 0 Å². The summed E-state index contributed by atoms with van der Waals surface area (Å²) >= 11 is 0. The first-order valence-electron chi connectivity index (χ1n) is 6.48. The first-order chi connectivity index (χ1) is 9.79. The molecule has 0 aliphatic rings. The Kier molecular flexibility index (Phi) is 3.27. The fraction of sp³-hybridized carbons (Fsp3) is 0.0588. The highest BCUT2D eigenvalue weighted by Gasteiger charge is 2.14. The van der Waals surface area contributed by atoms with Crippen molar-refractivity contribution in [1.29, 1.82) is 0 Å². The number of nitrogens with two attached hydrogens (primary N) is 1. The molecule has 2 N–H and O–H groups in total. The Balaban J connectivity index is 2.08. The van der Waals surface area contributed by atoms with E-state index in [9.17, 15) is 4.79 Å². The third-order valence-electron chi connectivity index (χ3n) is 3.31. The van der Waals surface area contributed by atoms with Gasteiger partial charge >= 0.3 is 0 Å². The van der Waals surface area contributed by atoms with Crippen molar-refractivity contribution >= 4 is 16.7 Å². The maximum absolute atomic E-state index is 12.6. The van der Waals surface area contributed by atoms with Crippen molar-refractivity contribution < 1.29 is 4.79 Å². The van der Waals surface area contributed by atoms with Gasteiger partial charge in [-0.1, -0.05) is 48.5 Å². The second kappa shape index (κ2) is 5.23. The molecule has 0 saturated heterocycles. The standard InChI is InChI=1S/C17H14N2O/c18-11-13-6-1-3-7-14(13)17(20)16-10-9-12-5-2-4-8-15(12)19-16/h1-10H,11,18H2. The van der Waals surface area contributed by atoms with Crippen molar-refractivity contribution in [1.82, 2.24) is 4.98 Å². The van der Waals surface area contributed by atoms with Gasteiger partial charge < -0.3 is 5.73 Å². The molecule has 0 spiro atoms. The predicted octanol–water partition coefficient (Wildman–Crippen LogP) is 2.92. The molecular formula is C17H14N2O. The number of fused-ring (bicyclic) bond motifs is 1. The molecule has 3 rings (SSSR count). The first-order valence-corrected chi connectivity index (χ1v) is 6.48. The largest absolute Gasteiger partial charge is 0.326 e. The average Bonchev–Trinajstić information content (AvgIpc) is 2.53. The Morgan fingerprint density at radius 3 is 2.55 bits per heavy atom. The molecule has 98 valence electrons. The predicted molar refractivity (Wildman–Crippen MR) is 79.5 cm³/mol. The van der Waals surface area contributed by atoms with Crippen LogP contribution in [0.3, 0.4) is 0 Å². The first kappa shape index (κ1) is 12.5. The van der Waals surface area contributed by atoms with E-state index in [0.717, 1.165) is 16.5 Å². The molecule has 0 bridgehead atoms. The summed E-state index contributed by atoms with van der Waals surface area (Å²) in [6.07, 6.45) is 0. The van der Waals surface area contributed by atoms with E-state index < -0.39 is 0 Å². The lowest BCUT2D eigenvalue weighted by Gasteiger charge is -2.06. The zero-order valence-electron chi connectivity index (χ0n) is 10.9. The molecule has 0 radical (unpaired) electrons. The molecule has 3 heteroatoms. The van der Waals surface area contributed by atoms with E-state index in [2.05, 4.69) is 4.98 Å². The molecule has 0 aliphatic carbocycles. The highest BCUT2D eigenvalue weighted by Crippen LogP contribution is 2.16. The van der Waals surface area contributed by atoms with Crippen molar-refractivity contribution in [2.24, 2.45) is 5.73 Å². The summed E-state index contributed by atoms with van der Waals surface area (Å²) in [4.78, 5) is 17.0. The molecule has 20 heavy (non-hydrogen) atoms. The summed E-state index contributed by atoms with van der Waals surface area (Å²) in [6.45, 7) is 0.343. The summed E-state index contributed by atoms with van der Waals surface area (Å²) < 4.78 is 0. The summed E-state index contributed by atoms with van der Waals surface area (Å²) in [6, 6.07) is 18.8. The van der Waals surface area contributed by atoms with Crippen LogP contribution in [0.2, 0.25) is 0 Å². The monoisotopic (exact) mass is 262 g/mol. The minimum atomic E-state index is -0.0863. The van der Waals surface area contributed by atoms with Crippen molar-refractivity contribution in [2.45, 2.75) is 6.54 Å². The zero-order chi connectivity index (χ0) is 13.9. The number of pyridine rings is 1. The highest BCUT2D eigenvalue weighted by molar-refractivity contribution is 6.09. The van der Waals surface area contributed by atoms with Crippen LogP contribution in [0.25, 0.3) is 10.9 Å². The number of carbonyl (C=O) groups excluding carboxylic acids is 1. The van der Waals surface area contributed by atoms with Gasteiger partial charge in [0, 0.05) is 17.5 Å². The molecule has 1 heterocycles. The molecule has 3 nitrogen and oxygen atoms in total. The van der Waals surface area contributed by atoms with Crippen LogP contribution in [0.1, 0.15) is 21.6 Å². The maximum atomic E-state index is 12.6. The molecule has 0 unspecified atom stereocenters. The van der Waals surface area contributed by atoms with Gasteiger partial charge in [-0.2, -0.15) is 0 Å². The molecular weight excluding hydrogens is 248 g/mol. The maximum Gasteiger partial charge on any atom is 0.211 e. The lowest BCUT2D eigenvalue weighted by atomic mass is 10.0. The molecule has 0 saturated carbocycles. The van der Waals surface area contributed by atoms with Crippen LogP contribution < -0.4 is 5.73 Å². The minimum Gasteiger partial charge on any atom is -0.326 e. The fourth-order valence-electron chi connectivity index (χ4n) is 2.25. The van der Waals surface area contributed by atoms with Gasteiger partial charge in [0.05, 0.1) is 5.52 Å². The number of nitrogens with zero attached hydrogens (tertiary/aromatic N) is 1. The Morgan fingerprint density at radius 2 is 1.70 bits per heavy atom. The van der Waals surface area contributed by atoms with Gasteiger partial charge in [0.2, 0.25) is 5.78 Å². The average molecular weight is 262 g/mol. The number of rotatable bonds is 3. The van der Waals surface area contributed by atoms with E-state index in [1.807, 2.05) is 48.5 Å². The van der Waals surface area contributed by atoms with Gasteiger partial charge in [0.1, 0.15) is 5.69 Å². The normalized spacial score (nSPS) is 10.7. The molecule has 0 amide bonds. The van der Waals surface area contributed by atoms with E-state index in [-0.39, 0.29) is 5.78 Å². The van der Waals surface area contributed by atoms with Gasteiger partial charge in [0.25, 0.3) is 0 Å². The SMILES string of the molecule is NCc1ccccc1C(=O)c1ccc2ccccc2n1. The van der Waals surface area contributed by atoms with Crippen LogP contribution in [0.15, 0.2) is 60.7 Å². The Hall–Kier alpha value is -2.52. The summed E-state index contributed by atoms with van der Waals surface area (Å²) in [5.41, 5.74) is 8.42. The fourth-order valence-corrected chi connectivity index (χ4v) is 2.25. The Bertz CT molecular complexity index is 781. The van der Waals surface area contributed by atoms with Gasteiger partial charge in [-0.3, -0.25) is 4.79 Å². The van der Waals surface area contributed by atoms with Gasteiger partial charge in [-0.05, 0) is 17.7 Å². The third-order valence-corrected chi connectivity index (χ3v) is 3.31. The Morgan fingerprint density at radius 1 is 0.950 bits per heavy atom. The molecule has 2 aromatic carbocycles. The van der Waals surface area contributed by atoms with E-state index in [1.54, 1.807) is 12.1 Å². The van der Waals surface area contributed by atoms with Gasteiger partial charge in [0.15, 0.2) is 0 Å². The minimum absolute atomic E-state index is 0.0863. The second-order valence-electron chi connectivity index (χ2n) is 4.58. The van der Waals surface area contributed by atoms with E-state index in [4.69, 9.17) is 5.73 Å². The van der Waals surface area contributed by atoms with E-state index in [0.29, 0.717) is 17.8 Å². The molecule has 0 fully saturated rings. The summed E-state index contributed by atoms with van der Waals surface area (Å²) in [7, 11) is 0. The number of para-hydroxylation sites is 1. The van der Waals surface area contributed by atoms with Gasteiger partial charge in [-0.15, -0.1) is 0 Å². The number of benzene rings is 2. The van der Waals surface area contributed by atoms with E-state index >= 15 is 0 Å². The molecule has 1 aromatic heterocycles. The van der Waals surface area contributed by atoms with Crippen LogP contribution in [-0.2, 0) is 6.54 Å².